The van der Waals surface area contributed by atoms with Crippen LogP contribution in [-0.2, 0) is 0 Å². The SMILES string of the molecule is CN1CCCN[Si]1(C)C[SiH](C)C. The van der Waals surface area contributed by atoms with Crippen LogP contribution in [0, 0.1) is 0 Å². The Labute approximate surface area is 79.1 Å². The number of nitrogens with one attached hydrogen (secondary N) is 1. The van der Waals surface area contributed by atoms with E-state index in [0.717, 1.165) is 0 Å². The topological polar surface area (TPSA) is 15.3 Å². The van der Waals surface area contributed by atoms with Crippen molar-refractivity contribution in [2.45, 2.75) is 31.7 Å². The maximum absolute atomic E-state index is 3.78. The van der Waals surface area contributed by atoms with Crippen molar-refractivity contribution in [2.75, 3.05) is 20.1 Å². The molecule has 72 valence electrons. The lowest BCUT2D eigenvalue weighted by Crippen LogP contribution is -2.65. The monoisotopic (exact) mass is 202 g/mol. The van der Waals surface area contributed by atoms with Crippen molar-refractivity contribution in [3.63, 3.8) is 0 Å². The van der Waals surface area contributed by atoms with Crippen LogP contribution in [0.4, 0.5) is 0 Å². The molecule has 0 amide bonds. The molecule has 0 aromatic carbocycles. The Morgan fingerprint density at radius 3 is 2.67 bits per heavy atom. The standard InChI is InChI=1S/C8H22N2Si2/c1-10-7-5-6-9-12(10,4)8-11(2)3/h9,11H,5-8H2,1-4H3. The number of nitrogens with zero attached hydrogens (tertiary/aromatic N) is 1. The summed E-state index contributed by atoms with van der Waals surface area (Å²) in [5, 5.41) is 0. The minimum atomic E-state index is -1.16. The molecule has 1 aliphatic heterocycles. The lowest BCUT2D eigenvalue weighted by Gasteiger charge is -2.42. The number of hydrogen-bond donors (Lipinski definition) is 1. The minimum Gasteiger partial charge on any atom is -0.326 e. The first-order valence-corrected chi connectivity index (χ1v) is 10.8. The molecule has 4 heteroatoms. The third-order valence-corrected chi connectivity index (χ3v) is 12.2. The molecular formula is C8H22N2Si2. The van der Waals surface area contributed by atoms with E-state index in [1.165, 1.54) is 25.2 Å². The fraction of sp³-hybridized carbons (Fsp3) is 1.00. The summed E-state index contributed by atoms with van der Waals surface area (Å²) in [5.74, 6) is 0. The van der Waals surface area contributed by atoms with E-state index < -0.39 is 17.2 Å². The molecule has 0 bridgehead atoms. The Morgan fingerprint density at radius 2 is 2.17 bits per heavy atom. The highest BCUT2D eigenvalue weighted by atomic mass is 28.4. The van der Waals surface area contributed by atoms with Gasteiger partial charge in [0.15, 0.2) is 8.40 Å². The predicted molar refractivity (Wildman–Crippen MR) is 60.6 cm³/mol. The number of hydrogen-bond acceptors (Lipinski definition) is 2. The van der Waals surface area contributed by atoms with Crippen LogP contribution in [0.2, 0.25) is 25.3 Å². The van der Waals surface area contributed by atoms with Crippen molar-refractivity contribution in [1.29, 1.82) is 0 Å². The summed E-state index contributed by atoms with van der Waals surface area (Å²) in [6.07, 6.45) is 1.33. The van der Waals surface area contributed by atoms with E-state index in [1.54, 1.807) is 0 Å². The van der Waals surface area contributed by atoms with Gasteiger partial charge in [0.05, 0.1) is 0 Å². The third kappa shape index (κ3) is 2.42. The Kier molecular flexibility index (Phi) is 3.51. The quantitative estimate of drug-likeness (QED) is 0.673. The maximum Gasteiger partial charge on any atom is 0.197 e. The summed E-state index contributed by atoms with van der Waals surface area (Å²) in [5.41, 5.74) is 1.52. The molecule has 2 nitrogen and oxygen atoms in total. The van der Waals surface area contributed by atoms with Gasteiger partial charge in [0.2, 0.25) is 0 Å². The Hall–Kier alpha value is 0.354. The third-order valence-electron chi connectivity index (χ3n) is 2.82. The van der Waals surface area contributed by atoms with Gasteiger partial charge in [-0.1, -0.05) is 13.1 Å². The summed E-state index contributed by atoms with van der Waals surface area (Å²) in [4.78, 5) is 3.78. The van der Waals surface area contributed by atoms with Crippen molar-refractivity contribution in [3.05, 3.63) is 0 Å². The Balaban J connectivity index is 2.53. The molecule has 12 heavy (non-hydrogen) atoms. The molecule has 1 heterocycles. The second-order valence-electron chi connectivity index (χ2n) is 4.57. The van der Waals surface area contributed by atoms with E-state index in [4.69, 9.17) is 0 Å². The molecule has 0 radical (unpaired) electrons. The van der Waals surface area contributed by atoms with Gasteiger partial charge in [-0.05, 0) is 38.8 Å². The molecule has 1 atom stereocenters. The maximum atomic E-state index is 3.78. The molecule has 1 rings (SSSR count). The van der Waals surface area contributed by atoms with E-state index in [-0.39, 0.29) is 0 Å². The van der Waals surface area contributed by atoms with Crippen LogP contribution in [0.3, 0.4) is 0 Å². The van der Waals surface area contributed by atoms with Crippen molar-refractivity contribution < 1.29 is 0 Å². The van der Waals surface area contributed by atoms with Crippen molar-refractivity contribution in [1.82, 2.24) is 9.55 Å². The molecule has 1 aliphatic rings. The molecule has 1 unspecified atom stereocenters. The van der Waals surface area contributed by atoms with Crippen LogP contribution in [-0.4, -0.2) is 41.9 Å². The van der Waals surface area contributed by atoms with Gasteiger partial charge < -0.3 is 9.55 Å². The smallest absolute Gasteiger partial charge is 0.197 e. The number of rotatable bonds is 2. The van der Waals surface area contributed by atoms with Crippen LogP contribution in [0.5, 0.6) is 0 Å². The lowest BCUT2D eigenvalue weighted by atomic mass is 10.4. The predicted octanol–water partition coefficient (Wildman–Crippen LogP) is 1.01. The lowest BCUT2D eigenvalue weighted by molar-refractivity contribution is 0.436. The zero-order valence-corrected chi connectivity index (χ0v) is 11.0. The fourth-order valence-corrected chi connectivity index (χ4v) is 11.9. The average Bonchev–Trinajstić information content (AvgIpc) is 1.94. The van der Waals surface area contributed by atoms with Crippen molar-refractivity contribution in [3.8, 4) is 0 Å². The largest absolute Gasteiger partial charge is 0.326 e. The summed E-state index contributed by atoms with van der Waals surface area (Å²) >= 11 is 0. The van der Waals surface area contributed by atoms with Gasteiger partial charge in [0.25, 0.3) is 0 Å². The van der Waals surface area contributed by atoms with Crippen LogP contribution < -0.4 is 4.98 Å². The first-order chi connectivity index (χ1) is 5.54. The Bertz CT molecular complexity index is 152. The van der Waals surface area contributed by atoms with Crippen molar-refractivity contribution >= 4 is 17.2 Å². The highest BCUT2D eigenvalue weighted by molar-refractivity contribution is 6.85. The van der Waals surface area contributed by atoms with Gasteiger partial charge in [-0.15, -0.1) is 0 Å². The van der Waals surface area contributed by atoms with Gasteiger partial charge in [0.1, 0.15) is 0 Å². The normalized spacial score (nSPS) is 32.8. The van der Waals surface area contributed by atoms with Crippen LogP contribution in [0.25, 0.3) is 0 Å². The fourth-order valence-electron chi connectivity index (χ4n) is 2.08. The van der Waals surface area contributed by atoms with Gasteiger partial charge in [0, 0.05) is 8.80 Å². The molecule has 0 spiro atoms. The molecule has 0 saturated carbocycles. The summed E-state index contributed by atoms with van der Waals surface area (Å²) in [6.45, 7) is 9.98. The van der Waals surface area contributed by atoms with E-state index in [2.05, 4.69) is 36.2 Å². The summed E-state index contributed by atoms with van der Waals surface area (Å²) in [7, 11) is 0.751. The summed E-state index contributed by atoms with van der Waals surface area (Å²) in [6, 6.07) is 0. The molecule has 0 aliphatic carbocycles. The highest BCUT2D eigenvalue weighted by Crippen LogP contribution is 2.16. The minimum absolute atomic E-state index is 0.392. The van der Waals surface area contributed by atoms with Crippen LogP contribution >= 0.6 is 0 Å². The zero-order valence-electron chi connectivity index (χ0n) is 8.85. The molecule has 0 aromatic heterocycles. The van der Waals surface area contributed by atoms with Crippen LogP contribution in [0.15, 0.2) is 0 Å². The van der Waals surface area contributed by atoms with Gasteiger partial charge >= 0.3 is 0 Å². The van der Waals surface area contributed by atoms with Gasteiger partial charge in [-0.3, -0.25) is 0 Å². The van der Waals surface area contributed by atoms with Crippen molar-refractivity contribution in [2.24, 2.45) is 0 Å². The first-order valence-electron chi connectivity index (χ1n) is 5.01. The van der Waals surface area contributed by atoms with Gasteiger partial charge in [-0.2, -0.15) is 0 Å². The molecule has 0 aromatic rings. The van der Waals surface area contributed by atoms with Crippen LogP contribution in [0.1, 0.15) is 6.42 Å². The average molecular weight is 202 g/mol. The zero-order chi connectivity index (χ0) is 9.19. The molecule has 1 N–H and O–H groups in total. The second-order valence-corrected chi connectivity index (χ2v) is 12.7. The van der Waals surface area contributed by atoms with E-state index in [9.17, 15) is 0 Å². The van der Waals surface area contributed by atoms with E-state index in [0.29, 0.717) is 0 Å². The summed E-state index contributed by atoms with van der Waals surface area (Å²) < 4.78 is 2.61. The Morgan fingerprint density at radius 1 is 1.50 bits per heavy atom. The molecule has 1 fully saturated rings. The highest BCUT2D eigenvalue weighted by Gasteiger charge is 2.35. The first kappa shape index (κ1) is 10.4. The second kappa shape index (κ2) is 4.04. The van der Waals surface area contributed by atoms with E-state index in [1.807, 2.05) is 0 Å². The molecular weight excluding hydrogens is 180 g/mol. The van der Waals surface area contributed by atoms with E-state index >= 15 is 0 Å². The van der Waals surface area contributed by atoms with Gasteiger partial charge in [-0.25, -0.2) is 0 Å². The molecule has 1 saturated heterocycles.